The van der Waals surface area contributed by atoms with Crippen molar-refractivity contribution in [2.45, 2.75) is 32.7 Å². The maximum absolute atomic E-state index is 5.92. The topological polar surface area (TPSA) is 35.2 Å². The van der Waals surface area contributed by atoms with E-state index in [2.05, 4.69) is 19.9 Å². The number of allylic oxidation sites excluding steroid dienone is 1. The lowest BCUT2D eigenvalue weighted by atomic mass is 9.99. The third kappa shape index (κ3) is 3.37. The third-order valence-corrected chi connectivity index (χ3v) is 2.18. The van der Waals surface area contributed by atoms with Crippen LogP contribution < -0.4 is 5.73 Å². The molecule has 2 atom stereocenters. The van der Waals surface area contributed by atoms with Crippen molar-refractivity contribution < 1.29 is 4.74 Å². The van der Waals surface area contributed by atoms with E-state index in [1.165, 1.54) is 12.0 Å². The first kappa shape index (κ1) is 9.75. The van der Waals surface area contributed by atoms with E-state index in [1.54, 1.807) is 0 Å². The largest absolute Gasteiger partial charge is 0.381 e. The molecule has 0 spiro atoms. The maximum atomic E-state index is 5.92. The summed E-state index contributed by atoms with van der Waals surface area (Å²) < 4.78 is 5.29. The van der Waals surface area contributed by atoms with Crippen LogP contribution in [0.3, 0.4) is 0 Å². The summed E-state index contributed by atoms with van der Waals surface area (Å²) in [4.78, 5) is 0. The van der Waals surface area contributed by atoms with Gasteiger partial charge < -0.3 is 10.5 Å². The molecule has 1 aliphatic rings. The summed E-state index contributed by atoms with van der Waals surface area (Å²) in [5, 5.41) is 0. The standard InChI is InChI=1S/C10H19NO/c1-8(2)5-10(11)6-9-3-4-12-7-9/h5,9-10H,3-4,6-7,11H2,1-2H3. The van der Waals surface area contributed by atoms with E-state index in [-0.39, 0.29) is 6.04 Å². The summed E-state index contributed by atoms with van der Waals surface area (Å²) >= 11 is 0. The summed E-state index contributed by atoms with van der Waals surface area (Å²) in [6, 6.07) is 0.224. The quantitative estimate of drug-likeness (QED) is 0.653. The molecule has 0 aromatic rings. The minimum atomic E-state index is 0.224. The lowest BCUT2D eigenvalue weighted by Gasteiger charge is -2.11. The second-order valence-corrected chi connectivity index (χ2v) is 3.87. The van der Waals surface area contributed by atoms with Crippen molar-refractivity contribution in [3.05, 3.63) is 11.6 Å². The highest BCUT2D eigenvalue weighted by Gasteiger charge is 2.17. The van der Waals surface area contributed by atoms with E-state index in [4.69, 9.17) is 10.5 Å². The molecule has 2 nitrogen and oxygen atoms in total. The number of hydrogen-bond donors (Lipinski definition) is 1. The number of hydrogen-bond acceptors (Lipinski definition) is 2. The number of ether oxygens (including phenoxy) is 1. The predicted molar refractivity (Wildman–Crippen MR) is 50.9 cm³/mol. The van der Waals surface area contributed by atoms with Crippen molar-refractivity contribution in [2.24, 2.45) is 11.7 Å². The molecular weight excluding hydrogens is 150 g/mol. The van der Waals surface area contributed by atoms with Gasteiger partial charge in [-0.05, 0) is 32.6 Å². The van der Waals surface area contributed by atoms with Gasteiger partial charge in [0.05, 0.1) is 0 Å². The van der Waals surface area contributed by atoms with Gasteiger partial charge in [0.15, 0.2) is 0 Å². The zero-order valence-corrected chi connectivity index (χ0v) is 8.05. The Hall–Kier alpha value is -0.340. The van der Waals surface area contributed by atoms with Gasteiger partial charge in [-0.2, -0.15) is 0 Å². The normalized spacial score (nSPS) is 25.4. The van der Waals surface area contributed by atoms with Crippen LogP contribution in [0.1, 0.15) is 26.7 Å². The van der Waals surface area contributed by atoms with Gasteiger partial charge in [0, 0.05) is 19.3 Å². The Kier molecular flexibility index (Phi) is 3.76. The first-order valence-corrected chi connectivity index (χ1v) is 4.67. The molecule has 0 aliphatic carbocycles. The highest BCUT2D eigenvalue weighted by atomic mass is 16.5. The van der Waals surface area contributed by atoms with Crippen molar-refractivity contribution in [1.29, 1.82) is 0 Å². The zero-order chi connectivity index (χ0) is 8.97. The van der Waals surface area contributed by atoms with Crippen LogP contribution in [0.4, 0.5) is 0 Å². The number of nitrogens with two attached hydrogens (primary N) is 1. The molecule has 0 aromatic heterocycles. The van der Waals surface area contributed by atoms with Crippen LogP contribution in [-0.4, -0.2) is 19.3 Å². The Bertz CT molecular complexity index is 155. The van der Waals surface area contributed by atoms with E-state index in [0.29, 0.717) is 5.92 Å². The van der Waals surface area contributed by atoms with Crippen LogP contribution in [-0.2, 0) is 4.74 Å². The summed E-state index contributed by atoms with van der Waals surface area (Å²) in [5.74, 6) is 0.690. The van der Waals surface area contributed by atoms with Gasteiger partial charge in [0.1, 0.15) is 0 Å². The average molecular weight is 169 g/mol. The molecule has 1 aliphatic heterocycles. The Balaban J connectivity index is 2.25. The predicted octanol–water partition coefficient (Wildman–Crippen LogP) is 1.71. The molecule has 12 heavy (non-hydrogen) atoms. The fourth-order valence-electron chi connectivity index (χ4n) is 1.65. The zero-order valence-electron chi connectivity index (χ0n) is 8.05. The van der Waals surface area contributed by atoms with E-state index >= 15 is 0 Å². The molecule has 0 radical (unpaired) electrons. The molecule has 0 saturated carbocycles. The first-order chi connectivity index (χ1) is 5.68. The van der Waals surface area contributed by atoms with Crippen LogP contribution in [0.15, 0.2) is 11.6 Å². The second kappa shape index (κ2) is 4.63. The molecular formula is C10H19NO. The Labute approximate surface area is 74.8 Å². The van der Waals surface area contributed by atoms with Gasteiger partial charge in [0.25, 0.3) is 0 Å². The molecule has 2 unspecified atom stereocenters. The molecule has 2 N–H and O–H groups in total. The summed E-state index contributed by atoms with van der Waals surface area (Å²) in [7, 11) is 0. The van der Waals surface area contributed by atoms with Gasteiger partial charge in [-0.15, -0.1) is 0 Å². The Morgan fingerprint density at radius 1 is 1.67 bits per heavy atom. The Morgan fingerprint density at radius 2 is 2.42 bits per heavy atom. The molecule has 0 amide bonds. The van der Waals surface area contributed by atoms with Gasteiger partial charge in [-0.25, -0.2) is 0 Å². The molecule has 0 aromatic carbocycles. The first-order valence-electron chi connectivity index (χ1n) is 4.67. The Morgan fingerprint density at radius 3 is 2.92 bits per heavy atom. The smallest absolute Gasteiger partial charge is 0.0495 e. The summed E-state index contributed by atoms with van der Waals surface area (Å²) in [5.41, 5.74) is 7.23. The van der Waals surface area contributed by atoms with E-state index in [1.807, 2.05) is 0 Å². The van der Waals surface area contributed by atoms with Gasteiger partial charge in [-0.3, -0.25) is 0 Å². The highest BCUT2D eigenvalue weighted by molar-refractivity contribution is 5.00. The van der Waals surface area contributed by atoms with Gasteiger partial charge >= 0.3 is 0 Å². The highest BCUT2D eigenvalue weighted by Crippen LogP contribution is 2.18. The van der Waals surface area contributed by atoms with Crippen molar-refractivity contribution in [1.82, 2.24) is 0 Å². The minimum Gasteiger partial charge on any atom is -0.381 e. The average Bonchev–Trinajstić information content (AvgIpc) is 2.37. The van der Waals surface area contributed by atoms with Gasteiger partial charge in [0.2, 0.25) is 0 Å². The third-order valence-electron chi connectivity index (χ3n) is 2.18. The van der Waals surface area contributed by atoms with Crippen LogP contribution in [0, 0.1) is 5.92 Å². The van der Waals surface area contributed by atoms with Crippen LogP contribution in [0.25, 0.3) is 0 Å². The lowest BCUT2D eigenvalue weighted by Crippen LogP contribution is -2.21. The second-order valence-electron chi connectivity index (χ2n) is 3.87. The summed E-state index contributed by atoms with van der Waals surface area (Å²) in [6.07, 6.45) is 4.40. The minimum absolute atomic E-state index is 0.224. The van der Waals surface area contributed by atoms with Crippen molar-refractivity contribution in [3.63, 3.8) is 0 Å². The fraction of sp³-hybridized carbons (Fsp3) is 0.800. The molecule has 2 heteroatoms. The van der Waals surface area contributed by atoms with Crippen LogP contribution >= 0.6 is 0 Å². The maximum Gasteiger partial charge on any atom is 0.0495 e. The van der Waals surface area contributed by atoms with Crippen LogP contribution in [0.5, 0.6) is 0 Å². The van der Waals surface area contributed by atoms with Crippen molar-refractivity contribution in [2.75, 3.05) is 13.2 Å². The molecule has 0 bridgehead atoms. The van der Waals surface area contributed by atoms with E-state index in [0.717, 1.165) is 19.6 Å². The van der Waals surface area contributed by atoms with Crippen LogP contribution in [0.2, 0.25) is 0 Å². The van der Waals surface area contributed by atoms with E-state index < -0.39 is 0 Å². The molecule has 70 valence electrons. The monoisotopic (exact) mass is 169 g/mol. The molecule has 1 saturated heterocycles. The SMILES string of the molecule is CC(C)=CC(N)CC1CCOC1. The molecule has 1 rings (SSSR count). The van der Waals surface area contributed by atoms with Crippen molar-refractivity contribution in [3.8, 4) is 0 Å². The van der Waals surface area contributed by atoms with Gasteiger partial charge in [-0.1, -0.05) is 11.6 Å². The molecule has 1 heterocycles. The van der Waals surface area contributed by atoms with Crippen molar-refractivity contribution >= 4 is 0 Å². The fourth-order valence-corrected chi connectivity index (χ4v) is 1.65. The molecule has 1 fully saturated rings. The lowest BCUT2D eigenvalue weighted by molar-refractivity contribution is 0.183. The summed E-state index contributed by atoms with van der Waals surface area (Å²) in [6.45, 7) is 6.01. The van der Waals surface area contributed by atoms with E-state index in [9.17, 15) is 0 Å². The number of rotatable bonds is 3.